The van der Waals surface area contributed by atoms with Crippen LogP contribution in [0.15, 0.2) is 4.99 Å². The zero-order valence-electron chi connectivity index (χ0n) is 15.2. The summed E-state index contributed by atoms with van der Waals surface area (Å²) in [6.07, 6.45) is 8.28. The van der Waals surface area contributed by atoms with Crippen LogP contribution in [-0.4, -0.2) is 58.0 Å². The van der Waals surface area contributed by atoms with E-state index in [0.717, 1.165) is 31.9 Å². The van der Waals surface area contributed by atoms with Crippen LogP contribution in [0.3, 0.4) is 0 Å². The minimum absolute atomic E-state index is 0.0635. The predicted octanol–water partition coefficient (Wildman–Crippen LogP) is 2.29. The van der Waals surface area contributed by atoms with Crippen molar-refractivity contribution >= 4 is 15.8 Å². The molecule has 0 amide bonds. The summed E-state index contributed by atoms with van der Waals surface area (Å²) < 4.78 is 23.2. The maximum atomic E-state index is 11.6. The molecule has 1 aliphatic heterocycles. The second kappa shape index (κ2) is 6.99. The van der Waals surface area contributed by atoms with E-state index in [1.54, 1.807) is 0 Å². The van der Waals surface area contributed by atoms with E-state index >= 15 is 0 Å². The van der Waals surface area contributed by atoms with Crippen LogP contribution < -0.4 is 5.32 Å². The lowest BCUT2D eigenvalue weighted by Crippen LogP contribution is -2.51. The quantitative estimate of drug-likeness (QED) is 0.594. The van der Waals surface area contributed by atoms with Crippen molar-refractivity contribution < 1.29 is 8.42 Å². The van der Waals surface area contributed by atoms with Crippen molar-refractivity contribution in [3.05, 3.63) is 0 Å². The molecule has 2 aliphatic rings. The van der Waals surface area contributed by atoms with Crippen molar-refractivity contribution in [2.75, 3.05) is 38.7 Å². The first-order chi connectivity index (χ1) is 10.7. The van der Waals surface area contributed by atoms with Crippen LogP contribution >= 0.6 is 0 Å². The molecule has 5 nitrogen and oxygen atoms in total. The van der Waals surface area contributed by atoms with Crippen molar-refractivity contribution in [1.29, 1.82) is 0 Å². The van der Waals surface area contributed by atoms with E-state index < -0.39 is 9.84 Å². The molecule has 1 atom stereocenters. The van der Waals surface area contributed by atoms with Crippen molar-refractivity contribution in [1.82, 2.24) is 10.2 Å². The van der Waals surface area contributed by atoms with Gasteiger partial charge in [-0.3, -0.25) is 4.99 Å². The zero-order valence-corrected chi connectivity index (χ0v) is 16.0. The van der Waals surface area contributed by atoms with Gasteiger partial charge >= 0.3 is 0 Å². The van der Waals surface area contributed by atoms with Gasteiger partial charge in [0.25, 0.3) is 0 Å². The summed E-state index contributed by atoms with van der Waals surface area (Å²) in [6, 6.07) is 0. The fraction of sp³-hybridized carbons (Fsp3) is 0.941. The summed E-state index contributed by atoms with van der Waals surface area (Å²) in [4.78, 5) is 6.80. The van der Waals surface area contributed by atoms with Gasteiger partial charge in [-0.25, -0.2) is 8.42 Å². The monoisotopic (exact) mass is 343 g/mol. The molecule has 0 aromatic carbocycles. The molecular weight excluding hydrogens is 310 g/mol. The lowest BCUT2D eigenvalue weighted by molar-refractivity contribution is 0.142. The van der Waals surface area contributed by atoms with Gasteiger partial charge in [0.1, 0.15) is 9.84 Å². The normalized spacial score (nSPS) is 27.8. The number of hydrogen-bond donors (Lipinski definition) is 1. The maximum Gasteiger partial charge on any atom is 0.193 e. The van der Waals surface area contributed by atoms with E-state index in [-0.39, 0.29) is 11.2 Å². The highest BCUT2D eigenvalue weighted by Gasteiger charge is 2.45. The number of piperidine rings is 1. The number of sulfone groups is 1. The average molecular weight is 344 g/mol. The molecule has 1 unspecified atom stereocenters. The summed E-state index contributed by atoms with van der Waals surface area (Å²) in [7, 11) is -1.09. The fourth-order valence-electron chi connectivity index (χ4n) is 4.01. The third-order valence-electron chi connectivity index (χ3n) is 5.29. The van der Waals surface area contributed by atoms with Crippen molar-refractivity contribution in [3.63, 3.8) is 0 Å². The van der Waals surface area contributed by atoms with E-state index in [9.17, 15) is 8.42 Å². The molecule has 1 heterocycles. The number of rotatable bonds is 6. The molecule has 134 valence electrons. The van der Waals surface area contributed by atoms with Crippen molar-refractivity contribution in [2.24, 2.45) is 15.8 Å². The Morgan fingerprint density at radius 2 is 2.00 bits per heavy atom. The van der Waals surface area contributed by atoms with Gasteiger partial charge in [0, 0.05) is 38.4 Å². The van der Waals surface area contributed by atoms with E-state index in [4.69, 9.17) is 0 Å². The number of guanidine groups is 1. The van der Waals surface area contributed by atoms with Gasteiger partial charge in [-0.1, -0.05) is 20.3 Å². The lowest BCUT2D eigenvalue weighted by Gasteiger charge is -2.42. The first-order valence-electron chi connectivity index (χ1n) is 8.84. The summed E-state index contributed by atoms with van der Waals surface area (Å²) >= 11 is 0. The Bertz CT molecular complexity index is 536. The van der Waals surface area contributed by atoms with Crippen LogP contribution in [0.5, 0.6) is 0 Å². The highest BCUT2D eigenvalue weighted by Crippen LogP contribution is 2.46. The van der Waals surface area contributed by atoms with E-state index in [1.165, 1.54) is 31.9 Å². The number of nitrogens with one attached hydrogen (secondary N) is 1. The number of nitrogens with zero attached hydrogens (tertiary/aromatic N) is 2. The Hall–Kier alpha value is -0.780. The van der Waals surface area contributed by atoms with Crippen LogP contribution in [-0.2, 0) is 9.84 Å². The van der Waals surface area contributed by atoms with E-state index in [1.807, 2.05) is 7.05 Å². The van der Waals surface area contributed by atoms with Crippen LogP contribution in [0.4, 0.5) is 0 Å². The van der Waals surface area contributed by atoms with Crippen LogP contribution in [0.2, 0.25) is 0 Å². The summed E-state index contributed by atoms with van der Waals surface area (Å²) in [5.74, 6) is 1.23. The highest BCUT2D eigenvalue weighted by molar-refractivity contribution is 7.90. The SMILES string of the molecule is CCCC1(C)CCCN(C(=NC)NCC2(CS(C)(=O)=O)CC2)C1. The molecule has 0 aromatic heterocycles. The van der Waals surface area contributed by atoms with Gasteiger partial charge in [-0.2, -0.15) is 0 Å². The third kappa shape index (κ3) is 5.37. The Balaban J connectivity index is 1.93. The molecule has 2 rings (SSSR count). The highest BCUT2D eigenvalue weighted by atomic mass is 32.2. The molecule has 0 aromatic rings. The van der Waals surface area contributed by atoms with Gasteiger partial charge < -0.3 is 10.2 Å². The van der Waals surface area contributed by atoms with Gasteiger partial charge in [0.2, 0.25) is 0 Å². The standard InChI is InChI=1S/C17H33N3O2S/c1-5-7-16(2)8-6-11-20(13-16)15(18-3)19-12-17(9-10-17)14-23(4,21)22/h5-14H2,1-4H3,(H,18,19). The maximum absolute atomic E-state index is 11.6. The molecular formula is C17H33N3O2S. The van der Waals surface area contributed by atoms with Gasteiger partial charge in [-0.05, 0) is 37.5 Å². The molecule has 0 bridgehead atoms. The van der Waals surface area contributed by atoms with Crippen molar-refractivity contribution in [2.45, 2.75) is 52.4 Å². The molecule has 1 saturated carbocycles. The molecule has 0 radical (unpaired) electrons. The number of aliphatic imine (C=N–C) groups is 1. The van der Waals surface area contributed by atoms with Crippen LogP contribution in [0.25, 0.3) is 0 Å². The lowest BCUT2D eigenvalue weighted by atomic mass is 9.78. The van der Waals surface area contributed by atoms with E-state index in [2.05, 4.69) is 29.1 Å². The first-order valence-corrected chi connectivity index (χ1v) is 10.9. The smallest absolute Gasteiger partial charge is 0.193 e. The zero-order chi connectivity index (χ0) is 17.1. The Labute approximate surface area is 141 Å². The van der Waals surface area contributed by atoms with Gasteiger partial charge in [0.15, 0.2) is 5.96 Å². The third-order valence-corrected chi connectivity index (χ3v) is 6.43. The minimum Gasteiger partial charge on any atom is -0.356 e. The molecule has 6 heteroatoms. The number of hydrogen-bond acceptors (Lipinski definition) is 3. The first kappa shape index (κ1) is 18.6. The Morgan fingerprint density at radius 1 is 1.30 bits per heavy atom. The van der Waals surface area contributed by atoms with Gasteiger partial charge in [0.05, 0.1) is 5.75 Å². The molecule has 1 saturated heterocycles. The average Bonchev–Trinajstić information content (AvgIpc) is 3.17. The second-order valence-corrected chi connectivity index (χ2v) is 10.2. The fourth-order valence-corrected chi connectivity index (χ4v) is 5.51. The molecule has 0 spiro atoms. The molecule has 23 heavy (non-hydrogen) atoms. The number of likely N-dealkylation sites (tertiary alicyclic amines) is 1. The molecule has 1 N–H and O–H groups in total. The van der Waals surface area contributed by atoms with Gasteiger partial charge in [-0.15, -0.1) is 0 Å². The largest absolute Gasteiger partial charge is 0.356 e. The Kier molecular flexibility index (Phi) is 5.64. The summed E-state index contributed by atoms with van der Waals surface area (Å²) in [6.45, 7) is 7.42. The van der Waals surface area contributed by atoms with Crippen LogP contribution in [0.1, 0.15) is 52.4 Å². The van der Waals surface area contributed by atoms with Crippen molar-refractivity contribution in [3.8, 4) is 0 Å². The minimum atomic E-state index is -2.92. The molecule has 2 fully saturated rings. The Morgan fingerprint density at radius 3 is 2.52 bits per heavy atom. The molecule has 1 aliphatic carbocycles. The summed E-state index contributed by atoms with van der Waals surface area (Å²) in [5, 5.41) is 3.46. The topological polar surface area (TPSA) is 61.8 Å². The van der Waals surface area contributed by atoms with Crippen LogP contribution in [0, 0.1) is 10.8 Å². The second-order valence-electron chi connectivity index (χ2n) is 8.06. The van der Waals surface area contributed by atoms with E-state index in [0.29, 0.717) is 12.0 Å². The predicted molar refractivity (Wildman–Crippen MR) is 96.6 cm³/mol. The summed E-state index contributed by atoms with van der Waals surface area (Å²) in [5.41, 5.74) is 0.306.